The molecule has 0 saturated carbocycles. The average molecular weight is 278 g/mol. The molecule has 0 aromatic carbocycles. The molecule has 0 radical (unpaired) electrons. The summed E-state index contributed by atoms with van der Waals surface area (Å²) >= 11 is 0. The first kappa shape index (κ1) is 14.3. The first-order valence-electron chi connectivity index (χ1n) is 6.42. The van der Waals surface area contributed by atoms with Crippen LogP contribution in [0.4, 0.5) is 0 Å². The summed E-state index contributed by atoms with van der Waals surface area (Å²) in [5.41, 5.74) is 0. The number of hydroxylamine groups is 4. The normalized spacial score (nSPS) is 26.7. The Morgan fingerprint density at radius 3 is 1.65 bits per heavy atom. The number of carbonyl (C=O) groups excluding carboxylic acids is 2. The Bertz CT molecular complexity index is 437. The van der Waals surface area contributed by atoms with E-state index in [9.17, 15) is 9.59 Å². The lowest BCUT2D eigenvalue weighted by atomic mass is 10.2. The van der Waals surface area contributed by atoms with Crippen LogP contribution in [-0.2, 0) is 19.3 Å². The minimum atomic E-state index is -1.17. The molecular weight excluding hydrogens is 264 g/mol. The summed E-state index contributed by atoms with van der Waals surface area (Å²) in [6, 6.07) is 2.94. The largest absolute Gasteiger partial charge is 0.438 e. The summed E-state index contributed by atoms with van der Waals surface area (Å²) in [6.45, 7) is 0.837. The highest BCUT2D eigenvalue weighted by Crippen LogP contribution is 2.18. The Labute approximate surface area is 116 Å². The summed E-state index contributed by atoms with van der Waals surface area (Å²) in [6.07, 6.45) is 2.65. The number of rotatable bonds is 2. The van der Waals surface area contributed by atoms with Crippen LogP contribution in [-0.4, -0.2) is 47.2 Å². The van der Waals surface area contributed by atoms with Crippen molar-refractivity contribution in [3.05, 3.63) is 0 Å². The van der Waals surface area contributed by atoms with Crippen molar-refractivity contribution in [2.75, 3.05) is 13.1 Å². The van der Waals surface area contributed by atoms with Gasteiger partial charge >= 0.3 is 11.9 Å². The number of nitrogens with zero attached hydrogens (tertiary/aromatic N) is 4. The van der Waals surface area contributed by atoms with Gasteiger partial charge in [0, 0.05) is 13.1 Å². The third-order valence-corrected chi connectivity index (χ3v) is 3.27. The SMILES string of the molecule is N#CC1CCCN1OC(=O)C(=O)ON1CCCC1C#N. The zero-order valence-corrected chi connectivity index (χ0v) is 10.8. The molecule has 8 heteroatoms. The summed E-state index contributed by atoms with van der Waals surface area (Å²) in [4.78, 5) is 32.9. The fraction of sp³-hybridized carbons (Fsp3) is 0.667. The topological polar surface area (TPSA) is 107 Å². The summed E-state index contributed by atoms with van der Waals surface area (Å²) in [5.74, 6) is -2.34. The van der Waals surface area contributed by atoms with Crippen LogP contribution in [0.1, 0.15) is 25.7 Å². The molecule has 0 bridgehead atoms. The molecule has 106 valence electrons. The van der Waals surface area contributed by atoms with Crippen molar-refractivity contribution < 1.29 is 19.3 Å². The van der Waals surface area contributed by atoms with Gasteiger partial charge in [0.15, 0.2) is 0 Å². The minimum absolute atomic E-state index is 0.418. The van der Waals surface area contributed by atoms with E-state index in [0.29, 0.717) is 25.9 Å². The molecule has 2 aliphatic rings. The molecule has 8 nitrogen and oxygen atoms in total. The minimum Gasteiger partial charge on any atom is -0.358 e. The third kappa shape index (κ3) is 3.05. The molecule has 0 aliphatic carbocycles. The second-order valence-corrected chi connectivity index (χ2v) is 4.61. The summed E-state index contributed by atoms with van der Waals surface area (Å²) in [5, 5.41) is 20.1. The molecule has 2 heterocycles. The van der Waals surface area contributed by atoms with E-state index >= 15 is 0 Å². The zero-order chi connectivity index (χ0) is 14.5. The molecule has 0 amide bonds. The van der Waals surface area contributed by atoms with E-state index < -0.39 is 24.0 Å². The van der Waals surface area contributed by atoms with Gasteiger partial charge in [-0.25, -0.2) is 9.59 Å². The van der Waals surface area contributed by atoms with E-state index in [0.717, 1.165) is 12.8 Å². The highest BCUT2D eigenvalue weighted by atomic mass is 16.8. The van der Waals surface area contributed by atoms with Crippen molar-refractivity contribution in [1.82, 2.24) is 10.1 Å². The lowest BCUT2D eigenvalue weighted by Gasteiger charge is -2.20. The van der Waals surface area contributed by atoms with Gasteiger partial charge in [-0.15, -0.1) is 10.1 Å². The first-order valence-corrected chi connectivity index (χ1v) is 6.42. The predicted octanol–water partition coefficient (Wildman–Crippen LogP) is -0.121. The molecule has 2 unspecified atom stereocenters. The van der Waals surface area contributed by atoms with Crippen molar-refractivity contribution in [1.29, 1.82) is 10.5 Å². The molecule has 0 aromatic rings. The quantitative estimate of drug-likeness (QED) is 0.643. The fourth-order valence-corrected chi connectivity index (χ4v) is 2.24. The summed E-state index contributed by atoms with van der Waals surface area (Å²) in [7, 11) is 0. The van der Waals surface area contributed by atoms with Crippen LogP contribution in [0.5, 0.6) is 0 Å². The van der Waals surface area contributed by atoms with Crippen LogP contribution in [0.25, 0.3) is 0 Å². The van der Waals surface area contributed by atoms with E-state index in [-0.39, 0.29) is 0 Å². The maximum absolute atomic E-state index is 11.6. The second kappa shape index (κ2) is 6.33. The lowest BCUT2D eigenvalue weighted by molar-refractivity contribution is -0.218. The van der Waals surface area contributed by atoms with E-state index in [1.165, 1.54) is 10.1 Å². The number of carbonyl (C=O) groups is 2. The van der Waals surface area contributed by atoms with E-state index in [1.54, 1.807) is 0 Å². The Balaban J connectivity index is 1.85. The molecule has 2 fully saturated rings. The Kier molecular flexibility index (Phi) is 4.51. The van der Waals surface area contributed by atoms with Gasteiger partial charge < -0.3 is 9.68 Å². The van der Waals surface area contributed by atoms with Crippen molar-refractivity contribution >= 4 is 11.9 Å². The van der Waals surface area contributed by atoms with E-state index in [1.807, 2.05) is 12.1 Å². The van der Waals surface area contributed by atoms with Crippen LogP contribution >= 0.6 is 0 Å². The molecule has 2 rings (SSSR count). The Morgan fingerprint density at radius 1 is 0.900 bits per heavy atom. The van der Waals surface area contributed by atoms with E-state index in [2.05, 4.69) is 0 Å². The van der Waals surface area contributed by atoms with E-state index in [4.69, 9.17) is 20.2 Å². The fourth-order valence-electron chi connectivity index (χ4n) is 2.24. The van der Waals surface area contributed by atoms with Gasteiger partial charge in [-0.05, 0) is 25.7 Å². The second-order valence-electron chi connectivity index (χ2n) is 4.61. The highest BCUT2D eigenvalue weighted by Gasteiger charge is 2.34. The van der Waals surface area contributed by atoms with Crippen LogP contribution in [0.2, 0.25) is 0 Å². The molecule has 0 spiro atoms. The average Bonchev–Trinajstić information content (AvgIpc) is 3.07. The monoisotopic (exact) mass is 278 g/mol. The molecule has 2 aliphatic heterocycles. The van der Waals surface area contributed by atoms with Crippen molar-refractivity contribution in [3.8, 4) is 12.1 Å². The van der Waals surface area contributed by atoms with Crippen molar-refractivity contribution in [2.24, 2.45) is 0 Å². The molecule has 0 N–H and O–H groups in total. The molecule has 2 saturated heterocycles. The Hall–Kier alpha value is -2.16. The smallest absolute Gasteiger partial charge is 0.358 e. The number of hydrogen-bond acceptors (Lipinski definition) is 8. The van der Waals surface area contributed by atoms with Gasteiger partial charge in [-0.1, -0.05) is 0 Å². The number of hydrogen-bond donors (Lipinski definition) is 0. The zero-order valence-electron chi connectivity index (χ0n) is 10.8. The third-order valence-electron chi connectivity index (χ3n) is 3.27. The van der Waals surface area contributed by atoms with Gasteiger partial charge in [0.2, 0.25) is 0 Å². The summed E-state index contributed by atoms with van der Waals surface area (Å²) < 4.78 is 0. The van der Waals surface area contributed by atoms with Crippen LogP contribution in [0.15, 0.2) is 0 Å². The van der Waals surface area contributed by atoms with Gasteiger partial charge in [0.1, 0.15) is 12.1 Å². The maximum Gasteiger partial charge on any atom is 0.438 e. The molecular formula is C12H14N4O4. The van der Waals surface area contributed by atoms with Crippen molar-refractivity contribution in [3.63, 3.8) is 0 Å². The van der Waals surface area contributed by atoms with Crippen molar-refractivity contribution in [2.45, 2.75) is 37.8 Å². The standard InChI is InChI=1S/C12H14N4O4/c13-7-9-3-1-5-15(9)19-11(17)12(18)20-16-6-2-4-10(16)8-14/h9-10H,1-6H2. The first-order chi connectivity index (χ1) is 9.65. The van der Waals surface area contributed by atoms with Crippen LogP contribution in [0, 0.1) is 22.7 Å². The van der Waals surface area contributed by atoms with Gasteiger partial charge in [-0.2, -0.15) is 10.5 Å². The lowest BCUT2D eigenvalue weighted by Crippen LogP contribution is -2.38. The molecule has 20 heavy (non-hydrogen) atoms. The van der Waals surface area contributed by atoms with Crippen LogP contribution < -0.4 is 0 Å². The molecule has 2 atom stereocenters. The number of nitriles is 2. The maximum atomic E-state index is 11.6. The predicted molar refractivity (Wildman–Crippen MR) is 62.9 cm³/mol. The van der Waals surface area contributed by atoms with Gasteiger partial charge in [0.25, 0.3) is 0 Å². The Morgan fingerprint density at radius 2 is 1.30 bits per heavy atom. The highest BCUT2D eigenvalue weighted by molar-refractivity contribution is 6.29. The van der Waals surface area contributed by atoms with Gasteiger partial charge in [0.05, 0.1) is 12.1 Å². The molecule has 0 aromatic heterocycles. The van der Waals surface area contributed by atoms with Crippen LogP contribution in [0.3, 0.4) is 0 Å². The van der Waals surface area contributed by atoms with Gasteiger partial charge in [-0.3, -0.25) is 0 Å².